The molecule has 1 amide bonds. The molecule has 9 heteroatoms. The van der Waals surface area contributed by atoms with Crippen LogP contribution in [0.2, 0.25) is 0 Å². The van der Waals surface area contributed by atoms with E-state index in [4.69, 9.17) is 15.3 Å². The molecule has 0 unspecified atom stereocenters. The van der Waals surface area contributed by atoms with Crippen LogP contribution in [0.25, 0.3) is 0 Å². The lowest BCUT2D eigenvalue weighted by molar-refractivity contribution is -0.113. The van der Waals surface area contributed by atoms with Crippen molar-refractivity contribution < 1.29 is 14.3 Å². The third-order valence-corrected chi connectivity index (χ3v) is 5.04. The van der Waals surface area contributed by atoms with Crippen molar-refractivity contribution in [3.05, 3.63) is 59.9 Å². The Labute approximate surface area is 173 Å². The smallest absolute Gasteiger partial charge is 0.234 e. The van der Waals surface area contributed by atoms with E-state index in [1.54, 1.807) is 13.2 Å². The van der Waals surface area contributed by atoms with Crippen LogP contribution in [0.5, 0.6) is 11.5 Å². The zero-order chi connectivity index (χ0) is 20.6. The minimum absolute atomic E-state index is 0.138. The van der Waals surface area contributed by atoms with E-state index in [2.05, 4.69) is 22.4 Å². The first-order valence-corrected chi connectivity index (χ1v) is 10.1. The van der Waals surface area contributed by atoms with Gasteiger partial charge in [-0.25, -0.2) is 4.68 Å². The lowest BCUT2D eigenvalue weighted by Gasteiger charge is -2.08. The molecule has 29 heavy (non-hydrogen) atoms. The fourth-order valence-corrected chi connectivity index (χ4v) is 3.21. The van der Waals surface area contributed by atoms with Crippen molar-refractivity contribution >= 4 is 23.4 Å². The lowest BCUT2D eigenvalue weighted by atomic mass is 10.1. The van der Waals surface area contributed by atoms with Crippen molar-refractivity contribution in [3.8, 4) is 11.5 Å². The number of anilines is 1. The average molecular weight is 414 g/mol. The number of carbonyl (C=O) groups is 1. The predicted molar refractivity (Wildman–Crippen MR) is 113 cm³/mol. The van der Waals surface area contributed by atoms with Crippen LogP contribution >= 0.6 is 11.8 Å². The molecular weight excluding hydrogens is 390 g/mol. The molecule has 0 aliphatic carbocycles. The number of hydrogen-bond donors (Lipinski definition) is 2. The first-order chi connectivity index (χ1) is 14.1. The van der Waals surface area contributed by atoms with Crippen LogP contribution in [0.1, 0.15) is 18.3 Å². The number of hydrogen-bond acceptors (Lipinski definition) is 7. The van der Waals surface area contributed by atoms with Gasteiger partial charge in [-0.1, -0.05) is 36.9 Å². The highest BCUT2D eigenvalue weighted by molar-refractivity contribution is 7.99. The van der Waals surface area contributed by atoms with Gasteiger partial charge in [-0.2, -0.15) is 0 Å². The number of aryl methyl sites for hydroxylation is 1. The van der Waals surface area contributed by atoms with E-state index in [0.29, 0.717) is 22.5 Å². The molecule has 1 heterocycles. The minimum atomic E-state index is -0.138. The van der Waals surface area contributed by atoms with Crippen molar-refractivity contribution in [2.75, 3.05) is 24.0 Å². The van der Waals surface area contributed by atoms with Gasteiger partial charge in [0.25, 0.3) is 0 Å². The highest BCUT2D eigenvalue weighted by atomic mass is 32.2. The molecule has 0 atom stereocenters. The van der Waals surface area contributed by atoms with E-state index in [1.807, 2.05) is 42.5 Å². The Bertz CT molecular complexity index is 976. The quantitative estimate of drug-likeness (QED) is 0.410. The van der Waals surface area contributed by atoms with Gasteiger partial charge in [-0.05, 0) is 36.2 Å². The molecule has 3 N–H and O–H groups in total. The Morgan fingerprint density at radius 3 is 2.76 bits per heavy atom. The highest BCUT2D eigenvalue weighted by Crippen LogP contribution is 2.21. The van der Waals surface area contributed by atoms with E-state index in [9.17, 15) is 4.79 Å². The number of nitrogens with zero attached hydrogens (tertiary/aromatic N) is 3. The summed E-state index contributed by atoms with van der Waals surface area (Å²) in [6.45, 7) is 2.22. The van der Waals surface area contributed by atoms with Crippen LogP contribution in [0.4, 0.5) is 5.69 Å². The summed E-state index contributed by atoms with van der Waals surface area (Å²) in [5, 5.41) is 11.4. The number of aromatic nitrogens is 3. The van der Waals surface area contributed by atoms with Crippen molar-refractivity contribution in [2.24, 2.45) is 0 Å². The second kappa shape index (κ2) is 9.83. The number of benzene rings is 2. The van der Waals surface area contributed by atoms with Crippen molar-refractivity contribution in [1.29, 1.82) is 0 Å². The van der Waals surface area contributed by atoms with E-state index >= 15 is 0 Å². The summed E-state index contributed by atoms with van der Waals surface area (Å²) in [6.07, 6.45) is 0.912. The molecule has 0 saturated carbocycles. The Morgan fingerprint density at radius 2 is 1.97 bits per heavy atom. The van der Waals surface area contributed by atoms with Crippen LogP contribution in [0.3, 0.4) is 0 Å². The van der Waals surface area contributed by atoms with Crippen molar-refractivity contribution in [3.63, 3.8) is 0 Å². The van der Waals surface area contributed by atoms with Crippen LogP contribution in [0, 0.1) is 0 Å². The zero-order valence-corrected chi connectivity index (χ0v) is 17.1. The predicted octanol–water partition coefficient (Wildman–Crippen LogP) is 2.87. The number of nitrogen functional groups attached to an aromatic ring is 1. The number of carbonyl (C=O) groups excluding carboxylic acids is 1. The lowest BCUT2D eigenvalue weighted by Crippen LogP contribution is -2.18. The van der Waals surface area contributed by atoms with E-state index in [0.717, 1.165) is 17.7 Å². The maximum absolute atomic E-state index is 12.2. The number of nitrogens with two attached hydrogens (primary N) is 1. The average Bonchev–Trinajstić information content (AvgIpc) is 3.10. The van der Waals surface area contributed by atoms with E-state index in [-0.39, 0.29) is 18.3 Å². The Kier molecular flexibility index (Phi) is 6.96. The topological polar surface area (TPSA) is 104 Å². The molecule has 0 spiro atoms. The SMILES string of the molecule is CCc1cccc(NC(=O)CSc2nnc(COc3cccc(OC)c3)n2N)c1. The van der Waals surface area contributed by atoms with Gasteiger partial charge >= 0.3 is 0 Å². The first-order valence-electron chi connectivity index (χ1n) is 9.07. The number of methoxy groups -OCH3 is 1. The molecule has 0 aliphatic heterocycles. The fourth-order valence-electron chi connectivity index (χ4n) is 2.54. The molecule has 0 fully saturated rings. The molecular formula is C20H23N5O3S. The summed E-state index contributed by atoms with van der Waals surface area (Å²) in [5.41, 5.74) is 1.94. The molecule has 3 aromatic rings. The van der Waals surface area contributed by atoms with Gasteiger partial charge in [0.15, 0.2) is 5.82 Å². The monoisotopic (exact) mass is 413 g/mol. The fraction of sp³-hybridized carbons (Fsp3) is 0.250. The largest absolute Gasteiger partial charge is 0.497 e. The molecule has 0 radical (unpaired) electrons. The number of thioether (sulfide) groups is 1. The zero-order valence-electron chi connectivity index (χ0n) is 16.3. The summed E-state index contributed by atoms with van der Waals surface area (Å²) in [5.74, 6) is 7.85. The second-order valence-corrected chi connectivity index (χ2v) is 7.07. The van der Waals surface area contributed by atoms with Gasteiger partial charge in [0.2, 0.25) is 11.1 Å². The first kappa shape index (κ1) is 20.5. The van der Waals surface area contributed by atoms with Gasteiger partial charge < -0.3 is 20.6 Å². The minimum Gasteiger partial charge on any atom is -0.497 e. The highest BCUT2D eigenvalue weighted by Gasteiger charge is 2.13. The summed E-state index contributed by atoms with van der Waals surface area (Å²) < 4.78 is 12.2. The number of rotatable bonds is 9. The van der Waals surface area contributed by atoms with E-state index in [1.165, 1.54) is 16.4 Å². The van der Waals surface area contributed by atoms with Crippen LogP contribution in [-0.4, -0.2) is 33.6 Å². The Morgan fingerprint density at radius 1 is 1.17 bits per heavy atom. The molecule has 3 rings (SSSR count). The van der Waals surface area contributed by atoms with Crippen LogP contribution < -0.4 is 20.6 Å². The molecule has 0 bridgehead atoms. The molecule has 0 aliphatic rings. The van der Waals surface area contributed by atoms with Gasteiger partial charge in [0.05, 0.1) is 12.9 Å². The number of amides is 1. The number of nitrogens with one attached hydrogen (secondary N) is 1. The maximum Gasteiger partial charge on any atom is 0.234 e. The normalized spacial score (nSPS) is 10.6. The van der Waals surface area contributed by atoms with Crippen molar-refractivity contribution in [1.82, 2.24) is 14.9 Å². The van der Waals surface area contributed by atoms with Gasteiger partial charge in [0.1, 0.15) is 18.1 Å². The third-order valence-electron chi connectivity index (χ3n) is 4.10. The van der Waals surface area contributed by atoms with Gasteiger partial charge in [-0.3, -0.25) is 4.79 Å². The van der Waals surface area contributed by atoms with Crippen molar-refractivity contribution in [2.45, 2.75) is 25.1 Å². The van der Waals surface area contributed by atoms with Crippen LogP contribution in [0.15, 0.2) is 53.7 Å². The molecule has 8 nitrogen and oxygen atoms in total. The van der Waals surface area contributed by atoms with Gasteiger partial charge in [-0.15, -0.1) is 10.2 Å². The standard InChI is InChI=1S/C20H23N5O3S/c1-3-14-6-4-7-15(10-14)22-19(26)13-29-20-24-23-18(25(20)21)12-28-17-9-5-8-16(11-17)27-2/h4-11H,3,12-13,21H2,1-2H3,(H,22,26). The number of ether oxygens (including phenoxy) is 2. The summed E-state index contributed by atoms with van der Waals surface area (Å²) in [7, 11) is 1.59. The summed E-state index contributed by atoms with van der Waals surface area (Å²) >= 11 is 1.21. The van der Waals surface area contributed by atoms with Gasteiger partial charge in [0, 0.05) is 11.8 Å². The second-order valence-electron chi connectivity index (χ2n) is 6.13. The molecule has 0 saturated heterocycles. The maximum atomic E-state index is 12.2. The molecule has 152 valence electrons. The summed E-state index contributed by atoms with van der Waals surface area (Å²) in [4.78, 5) is 12.2. The Hall–Kier alpha value is -3.20. The van der Waals surface area contributed by atoms with Crippen LogP contribution in [-0.2, 0) is 17.8 Å². The van der Waals surface area contributed by atoms with E-state index < -0.39 is 0 Å². The molecule has 1 aromatic heterocycles. The summed E-state index contributed by atoms with van der Waals surface area (Å²) in [6, 6.07) is 15.0. The third kappa shape index (κ3) is 5.64. The Balaban J connectivity index is 1.53. The molecule has 2 aromatic carbocycles.